The molecule has 0 bridgehead atoms. The fraction of sp³-hybridized carbons (Fsp3) is 0.424. The normalized spacial score (nSPS) is 14.1. The molecule has 2 aromatic carbocycles. The Morgan fingerprint density at radius 3 is 2.49 bits per heavy atom. The number of carbonyl (C=O) groups excluding carboxylic acids is 3. The lowest BCUT2D eigenvalue weighted by Crippen LogP contribution is -2.36. The third-order valence-corrected chi connectivity index (χ3v) is 9.36. The number of methoxy groups -OCH3 is 3. The average Bonchev–Trinajstić information content (AvgIpc) is 3.25. The summed E-state index contributed by atoms with van der Waals surface area (Å²) in [6.07, 6.45) is 3.42. The molecule has 3 N–H and O–H groups in total. The SMILES string of the molecule is CCOC(=O)c1sc(NC(=O)[C@H](CCSC)Nc2ccc3c(cc2=O)[C@H](NC(C)=O)CCc2cc(OC)c(OC)c(OC)c2-3)nc1C. The van der Waals surface area contributed by atoms with Crippen LogP contribution in [0, 0.1) is 6.92 Å². The zero-order chi connectivity index (χ0) is 34.2. The number of anilines is 2. The first-order chi connectivity index (χ1) is 22.6. The van der Waals surface area contributed by atoms with E-state index in [4.69, 9.17) is 18.9 Å². The maximum absolute atomic E-state index is 13.8. The summed E-state index contributed by atoms with van der Waals surface area (Å²) in [5, 5.41) is 9.21. The van der Waals surface area contributed by atoms with Crippen molar-refractivity contribution in [2.45, 2.75) is 52.1 Å². The Kier molecular flexibility index (Phi) is 12.1. The molecule has 0 unspecified atom stereocenters. The van der Waals surface area contributed by atoms with Gasteiger partial charge in [-0.25, -0.2) is 9.78 Å². The highest BCUT2D eigenvalue weighted by Crippen LogP contribution is 2.50. The highest BCUT2D eigenvalue weighted by Gasteiger charge is 2.30. The minimum Gasteiger partial charge on any atom is -0.493 e. The van der Waals surface area contributed by atoms with Crippen molar-refractivity contribution < 1.29 is 33.3 Å². The minimum atomic E-state index is -0.801. The summed E-state index contributed by atoms with van der Waals surface area (Å²) in [7, 11) is 4.61. The Balaban J connectivity index is 1.78. The van der Waals surface area contributed by atoms with Crippen molar-refractivity contribution in [2.75, 3.05) is 50.6 Å². The van der Waals surface area contributed by atoms with Gasteiger partial charge in [-0.3, -0.25) is 14.4 Å². The largest absolute Gasteiger partial charge is 0.493 e. The summed E-state index contributed by atoms with van der Waals surface area (Å²) in [4.78, 5) is 56.6. The summed E-state index contributed by atoms with van der Waals surface area (Å²) in [5.74, 6) is 0.845. The number of aryl methyl sites for hydroxylation is 2. The van der Waals surface area contributed by atoms with Crippen molar-refractivity contribution in [2.24, 2.45) is 0 Å². The standard InChI is InChI=1S/C33H40N4O8S2/c1-8-45-32(41)30-17(2)34-33(47-30)37-31(40)24(13-14-46-7)36-23-12-10-20-21(16-25(23)39)22(35-18(3)38)11-9-19-15-26(42-4)28(43-5)29(44-6)27(19)20/h10,12,15-16,22,24H,8-9,11,13-14H2,1-7H3,(H,35,38)(H,36,39)(H,34,37,40)/t22-,24+/m1/s1. The molecule has 47 heavy (non-hydrogen) atoms. The number of rotatable bonds is 13. The van der Waals surface area contributed by atoms with Crippen molar-refractivity contribution in [1.29, 1.82) is 0 Å². The van der Waals surface area contributed by atoms with Crippen LogP contribution in [0.25, 0.3) is 11.1 Å². The molecule has 1 aliphatic carbocycles. The molecule has 4 rings (SSSR count). The lowest BCUT2D eigenvalue weighted by Gasteiger charge is -2.19. The molecule has 2 atom stereocenters. The number of ether oxygens (including phenoxy) is 4. The average molecular weight is 685 g/mol. The number of benzene rings is 1. The van der Waals surface area contributed by atoms with Gasteiger partial charge in [0.15, 0.2) is 16.6 Å². The van der Waals surface area contributed by atoms with Crippen molar-refractivity contribution in [3.63, 3.8) is 0 Å². The van der Waals surface area contributed by atoms with Crippen LogP contribution >= 0.6 is 23.1 Å². The number of hydrogen-bond acceptors (Lipinski definition) is 12. The third kappa shape index (κ3) is 7.99. The lowest BCUT2D eigenvalue weighted by molar-refractivity contribution is -0.120. The summed E-state index contributed by atoms with van der Waals surface area (Å²) >= 11 is 2.60. The number of thiazole rings is 1. The Hall–Kier alpha value is -4.30. The second kappa shape index (κ2) is 16.0. The molecule has 0 radical (unpaired) electrons. The zero-order valence-electron chi connectivity index (χ0n) is 27.5. The quantitative estimate of drug-likeness (QED) is 0.209. The second-order valence-corrected chi connectivity index (χ2v) is 12.7. The third-order valence-electron chi connectivity index (χ3n) is 7.66. The molecule has 0 spiro atoms. The van der Waals surface area contributed by atoms with Gasteiger partial charge in [-0.1, -0.05) is 17.4 Å². The van der Waals surface area contributed by atoms with Crippen molar-refractivity contribution in [1.82, 2.24) is 10.3 Å². The summed E-state index contributed by atoms with van der Waals surface area (Å²) in [6, 6.07) is 5.56. The molecule has 0 saturated heterocycles. The number of nitrogens with one attached hydrogen (secondary N) is 3. The van der Waals surface area contributed by atoms with E-state index in [2.05, 4.69) is 20.9 Å². The molecule has 14 heteroatoms. The maximum atomic E-state index is 13.8. The number of nitrogens with zero attached hydrogens (tertiary/aromatic N) is 1. The Labute approximate surface area is 281 Å². The van der Waals surface area contributed by atoms with E-state index < -0.39 is 24.0 Å². The van der Waals surface area contributed by atoms with Gasteiger partial charge in [0.05, 0.1) is 45.4 Å². The molecule has 1 heterocycles. The molecule has 0 aliphatic heterocycles. The van der Waals surface area contributed by atoms with Crippen LogP contribution in [0.4, 0.5) is 10.8 Å². The van der Waals surface area contributed by atoms with Crippen molar-refractivity contribution in [3.8, 4) is 28.4 Å². The van der Waals surface area contributed by atoms with Crippen molar-refractivity contribution >= 4 is 51.7 Å². The van der Waals surface area contributed by atoms with E-state index in [0.717, 1.165) is 22.5 Å². The molecular weight excluding hydrogens is 645 g/mol. The minimum absolute atomic E-state index is 0.199. The molecule has 0 fully saturated rings. The first-order valence-electron chi connectivity index (χ1n) is 15.0. The van der Waals surface area contributed by atoms with Crippen molar-refractivity contribution in [3.05, 3.63) is 56.2 Å². The van der Waals surface area contributed by atoms with Gasteiger partial charge in [-0.05, 0) is 80.0 Å². The van der Waals surface area contributed by atoms with Crippen LogP contribution in [0.1, 0.15) is 59.2 Å². The Morgan fingerprint density at radius 2 is 1.85 bits per heavy atom. The van der Waals surface area contributed by atoms with Gasteiger partial charge in [0, 0.05) is 12.5 Å². The highest BCUT2D eigenvalue weighted by molar-refractivity contribution is 7.98. The summed E-state index contributed by atoms with van der Waals surface area (Å²) < 4.78 is 22.2. The van der Waals surface area contributed by atoms with Crippen LogP contribution in [0.2, 0.25) is 0 Å². The van der Waals surface area contributed by atoms with Crippen LogP contribution in [0.15, 0.2) is 29.1 Å². The lowest BCUT2D eigenvalue weighted by atomic mass is 9.95. The molecule has 252 valence electrons. The van der Waals surface area contributed by atoms with E-state index in [1.165, 1.54) is 27.2 Å². The number of esters is 1. The molecule has 0 saturated carbocycles. The van der Waals surface area contributed by atoms with Crippen LogP contribution in [-0.4, -0.2) is 68.8 Å². The number of thioether (sulfide) groups is 1. The second-order valence-electron chi connectivity index (χ2n) is 10.7. The van der Waals surface area contributed by atoms with Gasteiger partial charge in [0.2, 0.25) is 23.0 Å². The number of carbonyl (C=O) groups is 3. The van der Waals surface area contributed by atoms with Gasteiger partial charge in [0.25, 0.3) is 0 Å². The first kappa shape index (κ1) is 35.6. The van der Waals surface area contributed by atoms with E-state index in [9.17, 15) is 19.2 Å². The fourth-order valence-electron chi connectivity index (χ4n) is 5.55. The zero-order valence-corrected chi connectivity index (χ0v) is 29.2. The maximum Gasteiger partial charge on any atom is 0.350 e. The molecule has 1 aromatic heterocycles. The van der Waals surface area contributed by atoms with Gasteiger partial charge in [0.1, 0.15) is 10.9 Å². The van der Waals surface area contributed by atoms with E-state index in [-0.39, 0.29) is 28.8 Å². The van der Waals surface area contributed by atoms with E-state index >= 15 is 0 Å². The smallest absolute Gasteiger partial charge is 0.350 e. The number of amides is 2. The van der Waals surface area contributed by atoms with Gasteiger partial charge in [-0.2, -0.15) is 11.8 Å². The summed E-state index contributed by atoms with van der Waals surface area (Å²) in [6.45, 7) is 5.05. The number of fused-ring (bicyclic) bond motifs is 3. The molecule has 3 aromatic rings. The van der Waals surface area contributed by atoms with Gasteiger partial charge in [-0.15, -0.1) is 0 Å². The molecule has 2 amide bonds. The highest BCUT2D eigenvalue weighted by atomic mass is 32.2. The van der Waals surface area contributed by atoms with E-state index in [1.807, 2.05) is 12.3 Å². The summed E-state index contributed by atoms with van der Waals surface area (Å²) in [5.41, 5.74) is 3.20. The van der Waals surface area contributed by atoms with Gasteiger partial charge < -0.3 is 34.9 Å². The van der Waals surface area contributed by atoms with Gasteiger partial charge >= 0.3 is 5.97 Å². The van der Waals surface area contributed by atoms with E-state index in [0.29, 0.717) is 64.0 Å². The topological polar surface area (TPSA) is 154 Å². The Bertz CT molecular complexity index is 1710. The Morgan fingerprint density at radius 1 is 1.11 bits per heavy atom. The fourth-order valence-corrected chi connectivity index (χ4v) is 6.88. The monoisotopic (exact) mass is 684 g/mol. The molecule has 1 aliphatic rings. The molecular formula is C33H40N4O8S2. The predicted octanol–water partition coefficient (Wildman–Crippen LogP) is 4.98. The van der Waals surface area contributed by atoms with Crippen LogP contribution in [-0.2, 0) is 20.7 Å². The first-order valence-corrected chi connectivity index (χ1v) is 17.3. The molecule has 12 nitrogen and oxygen atoms in total. The van der Waals surface area contributed by atoms with Crippen LogP contribution < -0.4 is 35.6 Å². The predicted molar refractivity (Wildman–Crippen MR) is 185 cm³/mol. The van der Waals surface area contributed by atoms with Crippen LogP contribution in [0.5, 0.6) is 17.2 Å². The number of aromatic nitrogens is 1. The van der Waals surface area contributed by atoms with Crippen LogP contribution in [0.3, 0.4) is 0 Å². The number of hydrogen-bond donors (Lipinski definition) is 3. The van der Waals surface area contributed by atoms with E-state index in [1.54, 1.807) is 44.9 Å².